The number of rotatable bonds is 10. The van der Waals surface area contributed by atoms with Crippen LogP contribution in [0.1, 0.15) is 62.1 Å². The SMILES string of the molecule is CC#CC[C@H](C)[C@H](O)/C=C/[C@@H]1[C@H]2c3cccc(CCCC(=O)OCc4ccccc4)c3O[C@H]2C[C@H]1O. The predicted molar refractivity (Wildman–Crippen MR) is 139 cm³/mol. The van der Waals surface area contributed by atoms with Crippen molar-refractivity contribution in [2.75, 3.05) is 0 Å². The van der Waals surface area contributed by atoms with Crippen molar-refractivity contribution < 1.29 is 24.5 Å². The topological polar surface area (TPSA) is 76.0 Å². The molecule has 2 aliphatic rings. The van der Waals surface area contributed by atoms with Gasteiger partial charge in [-0.2, -0.15) is 0 Å². The summed E-state index contributed by atoms with van der Waals surface area (Å²) in [7, 11) is 0. The first-order valence-electron chi connectivity index (χ1n) is 12.9. The molecule has 1 saturated carbocycles. The van der Waals surface area contributed by atoms with Gasteiger partial charge in [-0.3, -0.25) is 4.79 Å². The van der Waals surface area contributed by atoms with Crippen LogP contribution in [0.3, 0.4) is 0 Å². The van der Waals surface area contributed by atoms with Crippen LogP contribution in [0.25, 0.3) is 0 Å². The van der Waals surface area contributed by atoms with E-state index >= 15 is 0 Å². The molecule has 4 rings (SSSR count). The van der Waals surface area contributed by atoms with Crippen LogP contribution in [0, 0.1) is 23.7 Å². The number of carbonyl (C=O) groups is 1. The highest BCUT2D eigenvalue weighted by Gasteiger charge is 2.48. The average molecular weight is 489 g/mol. The van der Waals surface area contributed by atoms with E-state index in [1.54, 1.807) is 13.0 Å². The van der Waals surface area contributed by atoms with E-state index in [0.717, 1.165) is 28.9 Å². The van der Waals surface area contributed by atoms with Crippen LogP contribution in [-0.4, -0.2) is 34.5 Å². The number of ether oxygens (including phenoxy) is 2. The molecule has 6 atom stereocenters. The van der Waals surface area contributed by atoms with Crippen LogP contribution in [0.2, 0.25) is 0 Å². The molecule has 0 unspecified atom stereocenters. The van der Waals surface area contributed by atoms with E-state index in [1.807, 2.05) is 49.4 Å². The van der Waals surface area contributed by atoms with Gasteiger partial charge < -0.3 is 19.7 Å². The van der Waals surface area contributed by atoms with E-state index in [4.69, 9.17) is 9.47 Å². The molecule has 0 bridgehead atoms. The number of esters is 1. The second-order valence-corrected chi connectivity index (χ2v) is 9.88. The molecule has 1 aliphatic carbocycles. The van der Waals surface area contributed by atoms with Gasteiger partial charge in [0.05, 0.1) is 12.2 Å². The Morgan fingerprint density at radius 2 is 2.03 bits per heavy atom. The van der Waals surface area contributed by atoms with Gasteiger partial charge in [0.25, 0.3) is 0 Å². The minimum absolute atomic E-state index is 0.0288. The van der Waals surface area contributed by atoms with Gasteiger partial charge in [0.1, 0.15) is 18.5 Å². The zero-order valence-electron chi connectivity index (χ0n) is 21.1. The smallest absolute Gasteiger partial charge is 0.306 e. The Balaban J connectivity index is 1.35. The maximum Gasteiger partial charge on any atom is 0.306 e. The number of carbonyl (C=O) groups excluding carboxylic acids is 1. The van der Waals surface area contributed by atoms with E-state index in [-0.39, 0.29) is 29.8 Å². The van der Waals surface area contributed by atoms with Gasteiger partial charge in [0.2, 0.25) is 0 Å². The van der Waals surface area contributed by atoms with E-state index in [1.165, 1.54) is 0 Å². The summed E-state index contributed by atoms with van der Waals surface area (Å²) >= 11 is 0. The van der Waals surface area contributed by atoms with Crippen LogP contribution >= 0.6 is 0 Å². The monoisotopic (exact) mass is 488 g/mol. The van der Waals surface area contributed by atoms with Gasteiger partial charge in [-0.15, -0.1) is 11.8 Å². The molecule has 5 heteroatoms. The summed E-state index contributed by atoms with van der Waals surface area (Å²) in [4.78, 5) is 12.2. The normalized spacial score (nSPS) is 23.8. The lowest BCUT2D eigenvalue weighted by Gasteiger charge is -2.19. The van der Waals surface area contributed by atoms with Crippen LogP contribution < -0.4 is 4.74 Å². The summed E-state index contributed by atoms with van der Waals surface area (Å²) in [6.45, 7) is 4.07. The van der Waals surface area contributed by atoms with Gasteiger partial charge in [-0.1, -0.05) is 67.6 Å². The van der Waals surface area contributed by atoms with E-state index in [2.05, 4.69) is 24.0 Å². The summed E-state index contributed by atoms with van der Waals surface area (Å²) in [6.07, 6.45) is 5.53. The quantitative estimate of drug-likeness (QED) is 0.281. The lowest BCUT2D eigenvalue weighted by atomic mass is 9.86. The van der Waals surface area contributed by atoms with Crippen molar-refractivity contribution in [3.05, 3.63) is 77.4 Å². The number of para-hydroxylation sites is 1. The van der Waals surface area contributed by atoms with E-state index < -0.39 is 12.2 Å². The first kappa shape index (κ1) is 26.0. The van der Waals surface area contributed by atoms with Gasteiger partial charge in [0, 0.05) is 36.7 Å². The molecule has 2 aromatic rings. The van der Waals surface area contributed by atoms with Crippen molar-refractivity contribution in [3.8, 4) is 17.6 Å². The minimum atomic E-state index is -0.605. The van der Waals surface area contributed by atoms with Crippen molar-refractivity contribution in [2.24, 2.45) is 11.8 Å². The highest BCUT2D eigenvalue weighted by molar-refractivity contribution is 5.69. The van der Waals surface area contributed by atoms with Crippen LogP contribution in [0.15, 0.2) is 60.7 Å². The highest BCUT2D eigenvalue weighted by Crippen LogP contribution is 2.52. The fourth-order valence-corrected chi connectivity index (χ4v) is 5.21. The van der Waals surface area contributed by atoms with Crippen LogP contribution in [0.4, 0.5) is 0 Å². The number of hydrogen-bond donors (Lipinski definition) is 2. The van der Waals surface area contributed by atoms with Crippen LogP contribution in [-0.2, 0) is 22.6 Å². The van der Waals surface area contributed by atoms with Crippen molar-refractivity contribution in [2.45, 2.75) is 76.8 Å². The number of aryl methyl sites for hydroxylation is 1. The maximum absolute atomic E-state index is 12.2. The number of hydrogen-bond acceptors (Lipinski definition) is 5. The molecule has 36 heavy (non-hydrogen) atoms. The molecule has 0 saturated heterocycles. The summed E-state index contributed by atoms with van der Waals surface area (Å²) in [6, 6.07) is 15.8. The molecule has 0 radical (unpaired) electrons. The molecular weight excluding hydrogens is 452 g/mol. The van der Waals surface area contributed by atoms with E-state index in [9.17, 15) is 15.0 Å². The second kappa shape index (κ2) is 12.3. The van der Waals surface area contributed by atoms with E-state index in [0.29, 0.717) is 32.3 Å². The number of fused-ring (bicyclic) bond motifs is 3. The Kier molecular flexibility index (Phi) is 8.85. The molecule has 2 N–H and O–H groups in total. The van der Waals surface area contributed by atoms with Gasteiger partial charge in [-0.05, 0) is 36.8 Å². The highest BCUT2D eigenvalue weighted by atomic mass is 16.5. The van der Waals surface area contributed by atoms with Crippen molar-refractivity contribution in [1.82, 2.24) is 0 Å². The lowest BCUT2D eigenvalue weighted by molar-refractivity contribution is -0.145. The Labute approximate surface area is 214 Å². The molecule has 0 amide bonds. The molecule has 0 aromatic heterocycles. The Bertz CT molecular complexity index is 1110. The standard InChI is InChI=1S/C31H36O5/c1-3-4-10-21(2)26(32)18-17-24-27(33)19-28-30(24)25-15-8-13-23(31(25)36-28)14-9-16-29(34)35-20-22-11-6-5-7-12-22/h5-8,11-13,15,17-18,21,24,26-28,30,32-33H,9-10,14,16,19-20H2,1-2H3/b18-17+/t21-,24-,26+,27+,28-,30-/m0/s1. The molecule has 1 aliphatic heterocycles. The zero-order valence-corrected chi connectivity index (χ0v) is 21.1. The maximum atomic E-state index is 12.2. The Morgan fingerprint density at radius 1 is 1.22 bits per heavy atom. The summed E-state index contributed by atoms with van der Waals surface area (Å²) in [5, 5.41) is 21.2. The number of aliphatic hydroxyl groups excluding tert-OH is 2. The van der Waals surface area contributed by atoms with Gasteiger partial charge >= 0.3 is 5.97 Å². The minimum Gasteiger partial charge on any atom is -0.489 e. The molecule has 5 nitrogen and oxygen atoms in total. The summed E-state index contributed by atoms with van der Waals surface area (Å²) < 4.78 is 11.7. The molecule has 2 aromatic carbocycles. The van der Waals surface area contributed by atoms with Gasteiger partial charge in [0.15, 0.2) is 0 Å². The van der Waals surface area contributed by atoms with Crippen LogP contribution in [0.5, 0.6) is 5.75 Å². The molecule has 190 valence electrons. The fraction of sp³-hybridized carbons (Fsp3) is 0.452. The Hall–Kier alpha value is -3.07. The van der Waals surface area contributed by atoms with Crippen molar-refractivity contribution in [1.29, 1.82) is 0 Å². The third-order valence-electron chi connectivity index (χ3n) is 7.27. The first-order chi connectivity index (χ1) is 17.5. The van der Waals surface area contributed by atoms with Crippen molar-refractivity contribution in [3.63, 3.8) is 0 Å². The van der Waals surface area contributed by atoms with Crippen molar-refractivity contribution >= 4 is 5.97 Å². The fourth-order valence-electron chi connectivity index (χ4n) is 5.21. The zero-order chi connectivity index (χ0) is 25.5. The molecule has 1 fully saturated rings. The average Bonchev–Trinajstić information content (AvgIpc) is 3.40. The molecular formula is C31H36O5. The third-order valence-corrected chi connectivity index (χ3v) is 7.27. The van der Waals surface area contributed by atoms with Gasteiger partial charge in [-0.25, -0.2) is 0 Å². The lowest BCUT2D eigenvalue weighted by Crippen LogP contribution is -2.19. The number of aliphatic hydroxyl groups is 2. The summed E-state index contributed by atoms with van der Waals surface area (Å²) in [5.41, 5.74) is 3.17. The largest absolute Gasteiger partial charge is 0.489 e. The summed E-state index contributed by atoms with van der Waals surface area (Å²) in [5.74, 6) is 6.55. The Morgan fingerprint density at radius 3 is 2.81 bits per heavy atom. The number of benzene rings is 2. The predicted octanol–water partition coefficient (Wildman–Crippen LogP) is 4.94. The first-order valence-corrected chi connectivity index (χ1v) is 12.9. The third kappa shape index (κ3) is 6.19. The molecule has 0 spiro atoms. The molecule has 1 heterocycles. The second-order valence-electron chi connectivity index (χ2n) is 9.88.